The van der Waals surface area contributed by atoms with Gasteiger partial charge >= 0.3 is 5.97 Å². The van der Waals surface area contributed by atoms with Gasteiger partial charge in [-0.25, -0.2) is 4.79 Å². The molecule has 0 spiro atoms. The van der Waals surface area contributed by atoms with Crippen molar-refractivity contribution in [1.29, 1.82) is 0 Å². The normalized spacial score (nSPS) is 11.4. The van der Waals surface area contributed by atoms with Gasteiger partial charge in [0.15, 0.2) is 0 Å². The SMILES string of the molecule is C/C(Cl)=C/C(=O)O. The third kappa shape index (κ3) is 5.50. The monoisotopic (exact) mass is 120 g/mol. The zero-order chi connectivity index (χ0) is 5.86. The second-order valence-electron chi connectivity index (χ2n) is 1.07. The van der Waals surface area contributed by atoms with Gasteiger partial charge in [0.05, 0.1) is 0 Å². The Kier molecular flexibility index (Phi) is 2.45. The fraction of sp³-hybridized carbons (Fsp3) is 0.250. The van der Waals surface area contributed by atoms with E-state index >= 15 is 0 Å². The average molecular weight is 121 g/mol. The van der Waals surface area contributed by atoms with E-state index in [9.17, 15) is 4.79 Å². The molecule has 0 aliphatic rings. The van der Waals surface area contributed by atoms with Crippen LogP contribution in [0.15, 0.2) is 11.1 Å². The molecule has 0 atom stereocenters. The standard InChI is InChI=1S/C4H5ClO2/c1-3(5)2-4(6)7/h2H,1H3,(H,6,7)/b3-2-. The lowest BCUT2D eigenvalue weighted by atomic mass is 10.5. The molecule has 2 nitrogen and oxygen atoms in total. The topological polar surface area (TPSA) is 37.3 Å². The molecule has 0 aliphatic heterocycles. The second kappa shape index (κ2) is 2.64. The van der Waals surface area contributed by atoms with Crippen LogP contribution < -0.4 is 0 Å². The molecule has 0 saturated carbocycles. The van der Waals surface area contributed by atoms with Crippen molar-refractivity contribution in [2.24, 2.45) is 0 Å². The van der Waals surface area contributed by atoms with Crippen molar-refractivity contribution in [3.05, 3.63) is 11.1 Å². The fourth-order valence-corrected chi connectivity index (χ4v) is 0.263. The Bertz CT molecular complexity index is 102. The lowest BCUT2D eigenvalue weighted by Crippen LogP contribution is -1.85. The summed E-state index contributed by atoms with van der Waals surface area (Å²) in [7, 11) is 0. The van der Waals surface area contributed by atoms with Crippen molar-refractivity contribution in [2.45, 2.75) is 6.92 Å². The first-order chi connectivity index (χ1) is 3.13. The van der Waals surface area contributed by atoms with Crippen molar-refractivity contribution in [1.82, 2.24) is 0 Å². The third-order valence-corrected chi connectivity index (χ3v) is 0.431. The largest absolute Gasteiger partial charge is 0.478 e. The van der Waals surface area contributed by atoms with E-state index in [1.165, 1.54) is 6.92 Å². The summed E-state index contributed by atoms with van der Waals surface area (Å²) in [6.07, 6.45) is 0.932. The zero-order valence-electron chi connectivity index (χ0n) is 3.81. The Morgan fingerprint density at radius 1 is 1.86 bits per heavy atom. The number of carboxylic acid groups (broad SMARTS) is 1. The maximum atomic E-state index is 9.65. The summed E-state index contributed by atoms with van der Waals surface area (Å²) in [5, 5.41) is 8.21. The molecule has 0 aromatic heterocycles. The van der Waals surface area contributed by atoms with Crippen LogP contribution in [0.3, 0.4) is 0 Å². The molecule has 0 fully saturated rings. The Balaban J connectivity index is 3.68. The minimum absolute atomic E-state index is 0.285. The van der Waals surface area contributed by atoms with Crippen molar-refractivity contribution in [3.8, 4) is 0 Å². The lowest BCUT2D eigenvalue weighted by Gasteiger charge is -1.77. The van der Waals surface area contributed by atoms with E-state index in [0.29, 0.717) is 0 Å². The average Bonchev–Trinajstić information content (AvgIpc) is 1.27. The summed E-state index contributed by atoms with van der Waals surface area (Å²) in [5.74, 6) is -1.01. The van der Waals surface area contributed by atoms with Crippen molar-refractivity contribution >= 4 is 17.6 Å². The quantitative estimate of drug-likeness (QED) is 0.528. The summed E-state index contributed by atoms with van der Waals surface area (Å²) in [5.41, 5.74) is 0. The number of carboxylic acids is 1. The smallest absolute Gasteiger partial charge is 0.329 e. The van der Waals surface area contributed by atoms with E-state index in [4.69, 9.17) is 16.7 Å². The Labute approximate surface area is 46.4 Å². The van der Waals surface area contributed by atoms with Gasteiger partial charge < -0.3 is 5.11 Å². The summed E-state index contributed by atoms with van der Waals surface area (Å²) < 4.78 is 0. The van der Waals surface area contributed by atoms with Crippen LogP contribution in [0.25, 0.3) is 0 Å². The first-order valence-corrected chi connectivity index (χ1v) is 2.07. The molecule has 0 aromatic rings. The van der Waals surface area contributed by atoms with Gasteiger partial charge in [0.2, 0.25) is 0 Å². The van der Waals surface area contributed by atoms with E-state index in [1.54, 1.807) is 0 Å². The number of hydrogen-bond acceptors (Lipinski definition) is 1. The summed E-state index contributed by atoms with van der Waals surface area (Å²) in [6.45, 7) is 1.51. The molecule has 0 aromatic carbocycles. The van der Waals surface area contributed by atoms with Crippen LogP contribution in [0, 0.1) is 0 Å². The molecule has 0 unspecified atom stereocenters. The van der Waals surface area contributed by atoms with Gasteiger partial charge in [0.1, 0.15) is 0 Å². The van der Waals surface area contributed by atoms with E-state index < -0.39 is 5.97 Å². The van der Waals surface area contributed by atoms with E-state index in [2.05, 4.69) is 0 Å². The molecule has 0 heterocycles. The number of rotatable bonds is 1. The highest BCUT2D eigenvalue weighted by Crippen LogP contribution is 1.95. The van der Waals surface area contributed by atoms with Crippen molar-refractivity contribution in [2.75, 3.05) is 0 Å². The summed E-state index contributed by atoms with van der Waals surface area (Å²) in [4.78, 5) is 9.65. The first kappa shape index (κ1) is 6.50. The van der Waals surface area contributed by atoms with Gasteiger partial charge in [0, 0.05) is 11.1 Å². The number of carbonyl (C=O) groups is 1. The molecule has 7 heavy (non-hydrogen) atoms. The van der Waals surface area contributed by atoms with Crippen LogP contribution in [0.5, 0.6) is 0 Å². The third-order valence-electron chi connectivity index (χ3n) is 0.322. The van der Waals surface area contributed by atoms with E-state index in [-0.39, 0.29) is 5.03 Å². The molecular formula is C4H5ClO2. The minimum atomic E-state index is -1.01. The first-order valence-electron chi connectivity index (χ1n) is 1.69. The minimum Gasteiger partial charge on any atom is -0.478 e. The molecule has 40 valence electrons. The van der Waals surface area contributed by atoms with E-state index in [1.807, 2.05) is 0 Å². The molecule has 0 bridgehead atoms. The highest BCUT2D eigenvalue weighted by atomic mass is 35.5. The molecule has 1 N–H and O–H groups in total. The van der Waals surface area contributed by atoms with Crippen molar-refractivity contribution < 1.29 is 9.90 Å². The number of aliphatic carboxylic acids is 1. The van der Waals surface area contributed by atoms with Crippen LogP contribution in [0.2, 0.25) is 0 Å². The highest BCUT2D eigenvalue weighted by molar-refractivity contribution is 6.30. The maximum absolute atomic E-state index is 9.65. The van der Waals surface area contributed by atoms with Crippen LogP contribution in [-0.4, -0.2) is 11.1 Å². The van der Waals surface area contributed by atoms with Gasteiger partial charge in [0.25, 0.3) is 0 Å². The molecule has 0 radical (unpaired) electrons. The van der Waals surface area contributed by atoms with Gasteiger partial charge in [-0.1, -0.05) is 11.6 Å². The van der Waals surface area contributed by atoms with Gasteiger partial charge in [-0.3, -0.25) is 0 Å². The molecular weight excluding hydrogens is 115 g/mol. The molecule has 3 heteroatoms. The predicted octanol–water partition coefficient (Wildman–Crippen LogP) is 1.21. The Morgan fingerprint density at radius 2 is 2.29 bits per heavy atom. The number of hydrogen-bond donors (Lipinski definition) is 1. The van der Waals surface area contributed by atoms with E-state index in [0.717, 1.165) is 6.08 Å². The molecule has 0 rings (SSSR count). The Hall–Kier alpha value is -0.500. The van der Waals surface area contributed by atoms with Crippen LogP contribution in [0.1, 0.15) is 6.92 Å². The zero-order valence-corrected chi connectivity index (χ0v) is 4.57. The maximum Gasteiger partial charge on any atom is 0.329 e. The predicted molar refractivity (Wildman–Crippen MR) is 27.2 cm³/mol. The van der Waals surface area contributed by atoms with Gasteiger partial charge in [-0.2, -0.15) is 0 Å². The fourth-order valence-electron chi connectivity index (χ4n) is 0.170. The van der Waals surface area contributed by atoms with Crippen molar-refractivity contribution in [3.63, 3.8) is 0 Å². The molecule has 0 amide bonds. The van der Waals surface area contributed by atoms with Crippen LogP contribution in [0.4, 0.5) is 0 Å². The second-order valence-corrected chi connectivity index (χ2v) is 1.67. The van der Waals surface area contributed by atoms with Gasteiger partial charge in [-0.05, 0) is 6.92 Å². The molecule has 0 aliphatic carbocycles. The number of allylic oxidation sites excluding steroid dienone is 1. The number of halogens is 1. The van der Waals surface area contributed by atoms with Crippen LogP contribution >= 0.6 is 11.6 Å². The lowest BCUT2D eigenvalue weighted by molar-refractivity contribution is -0.131. The Morgan fingerprint density at radius 3 is 2.29 bits per heavy atom. The van der Waals surface area contributed by atoms with Crippen LogP contribution in [-0.2, 0) is 4.79 Å². The summed E-state index contributed by atoms with van der Waals surface area (Å²) >= 11 is 5.15. The highest BCUT2D eigenvalue weighted by Gasteiger charge is 1.85. The molecule has 0 saturated heterocycles. The summed E-state index contributed by atoms with van der Waals surface area (Å²) in [6, 6.07) is 0. The van der Waals surface area contributed by atoms with Gasteiger partial charge in [-0.15, -0.1) is 0 Å².